The number of nitro groups is 1. The van der Waals surface area contributed by atoms with Crippen molar-refractivity contribution in [1.29, 1.82) is 0 Å². The van der Waals surface area contributed by atoms with Crippen LogP contribution in [0.15, 0.2) is 71.8 Å². The van der Waals surface area contributed by atoms with Gasteiger partial charge < -0.3 is 14.2 Å². The number of nitrogens with zero attached hydrogens (tertiary/aromatic N) is 2. The number of methoxy groups -OCH3 is 2. The molecule has 0 saturated heterocycles. The second kappa shape index (κ2) is 10.6. The summed E-state index contributed by atoms with van der Waals surface area (Å²) < 4.78 is 16.1. The van der Waals surface area contributed by atoms with Crippen LogP contribution < -0.4 is 19.6 Å². The second-order valence-corrected chi connectivity index (χ2v) is 6.52. The highest BCUT2D eigenvalue weighted by atomic mass is 16.6. The van der Waals surface area contributed by atoms with Crippen molar-refractivity contribution in [3.8, 4) is 17.2 Å². The normalized spacial score (nSPS) is 10.6. The highest BCUT2D eigenvalue weighted by Crippen LogP contribution is 2.34. The maximum absolute atomic E-state index is 12.2. The summed E-state index contributed by atoms with van der Waals surface area (Å²) >= 11 is 0. The molecule has 0 radical (unpaired) electrons. The first-order chi connectivity index (χ1) is 15.5. The topological polar surface area (TPSA) is 112 Å². The Morgan fingerprint density at radius 1 is 1.03 bits per heavy atom. The van der Waals surface area contributed by atoms with E-state index in [2.05, 4.69) is 10.5 Å². The van der Waals surface area contributed by atoms with Gasteiger partial charge in [-0.15, -0.1) is 0 Å². The van der Waals surface area contributed by atoms with E-state index in [4.69, 9.17) is 14.2 Å². The molecule has 0 atom stereocenters. The summed E-state index contributed by atoms with van der Waals surface area (Å²) in [6.07, 6.45) is 1.18. The smallest absolute Gasteiger partial charge is 0.282 e. The average molecular weight is 435 g/mol. The monoisotopic (exact) mass is 435 g/mol. The first-order valence-electron chi connectivity index (χ1n) is 9.52. The van der Waals surface area contributed by atoms with Crippen LogP contribution in [0, 0.1) is 10.1 Å². The van der Waals surface area contributed by atoms with Crippen molar-refractivity contribution in [1.82, 2.24) is 5.43 Å². The van der Waals surface area contributed by atoms with Gasteiger partial charge in [-0.05, 0) is 35.9 Å². The van der Waals surface area contributed by atoms with Crippen LogP contribution in [0.5, 0.6) is 17.2 Å². The second-order valence-electron chi connectivity index (χ2n) is 6.52. The van der Waals surface area contributed by atoms with E-state index >= 15 is 0 Å². The van der Waals surface area contributed by atoms with Crippen molar-refractivity contribution in [2.24, 2.45) is 5.10 Å². The molecule has 0 aliphatic heterocycles. The van der Waals surface area contributed by atoms with Gasteiger partial charge in [0.2, 0.25) is 0 Å². The van der Waals surface area contributed by atoms with Crippen molar-refractivity contribution in [2.45, 2.75) is 6.61 Å². The summed E-state index contributed by atoms with van der Waals surface area (Å²) in [6.45, 7) is 0.222. The Balaban J connectivity index is 1.77. The number of carbonyl (C=O) groups is 1. The van der Waals surface area contributed by atoms with Crippen LogP contribution in [0.4, 0.5) is 5.69 Å². The number of hydrogen-bond acceptors (Lipinski definition) is 7. The van der Waals surface area contributed by atoms with E-state index in [1.54, 1.807) is 24.3 Å². The van der Waals surface area contributed by atoms with E-state index in [0.29, 0.717) is 17.1 Å². The number of hydrazone groups is 1. The summed E-state index contributed by atoms with van der Waals surface area (Å²) in [4.78, 5) is 23.2. The van der Waals surface area contributed by atoms with Crippen molar-refractivity contribution in [3.63, 3.8) is 0 Å². The van der Waals surface area contributed by atoms with Crippen LogP contribution in [0.25, 0.3) is 0 Å². The molecule has 3 rings (SSSR count). The van der Waals surface area contributed by atoms with Crippen LogP contribution in [0.2, 0.25) is 0 Å². The van der Waals surface area contributed by atoms with E-state index in [0.717, 1.165) is 5.56 Å². The molecule has 0 saturated carbocycles. The molecule has 0 aliphatic rings. The third-order valence-electron chi connectivity index (χ3n) is 4.47. The molecule has 1 N–H and O–H groups in total. The third kappa shape index (κ3) is 5.60. The van der Waals surface area contributed by atoms with Gasteiger partial charge in [-0.1, -0.05) is 30.3 Å². The number of hydrogen-bond donors (Lipinski definition) is 1. The molecule has 0 aromatic heterocycles. The Labute approximate surface area is 184 Å². The number of amides is 1. The molecular formula is C23H21N3O6. The highest BCUT2D eigenvalue weighted by Gasteiger charge is 2.19. The molecule has 32 heavy (non-hydrogen) atoms. The molecule has 0 aliphatic carbocycles. The van der Waals surface area contributed by atoms with Gasteiger partial charge in [0.05, 0.1) is 37.0 Å². The zero-order valence-corrected chi connectivity index (χ0v) is 17.5. The maximum Gasteiger partial charge on any atom is 0.282 e. The summed E-state index contributed by atoms with van der Waals surface area (Å²) in [5.74, 6) is 0.667. The third-order valence-corrected chi connectivity index (χ3v) is 4.47. The molecule has 0 bridgehead atoms. The molecule has 0 spiro atoms. The lowest BCUT2D eigenvalue weighted by atomic mass is 10.1. The minimum atomic E-state index is -0.554. The Kier molecular flexibility index (Phi) is 7.37. The lowest BCUT2D eigenvalue weighted by molar-refractivity contribution is -0.385. The van der Waals surface area contributed by atoms with Crippen LogP contribution in [0.1, 0.15) is 21.5 Å². The SMILES string of the molecule is COc1ccc(C(=O)N/N=C\c2cc(OC)c(OCc3ccccc3)cc2[N+](=O)[O-])cc1. The van der Waals surface area contributed by atoms with Gasteiger partial charge in [0, 0.05) is 5.56 Å². The zero-order chi connectivity index (χ0) is 22.9. The van der Waals surface area contributed by atoms with Crippen LogP contribution in [-0.2, 0) is 6.61 Å². The number of nitrogens with one attached hydrogen (secondary N) is 1. The number of ether oxygens (including phenoxy) is 3. The molecule has 3 aromatic carbocycles. The van der Waals surface area contributed by atoms with E-state index in [9.17, 15) is 14.9 Å². The standard InChI is InChI=1S/C23H21N3O6/c1-30-19-10-8-17(9-11-19)23(27)25-24-14-18-12-21(31-2)22(13-20(18)26(28)29)32-15-16-6-4-3-5-7-16/h3-14H,15H2,1-2H3,(H,25,27)/b24-14-. The van der Waals surface area contributed by atoms with Gasteiger partial charge in [-0.25, -0.2) is 5.43 Å². The first-order valence-corrected chi connectivity index (χ1v) is 9.52. The van der Waals surface area contributed by atoms with Crippen molar-refractivity contribution in [2.75, 3.05) is 14.2 Å². The molecule has 1 amide bonds. The Morgan fingerprint density at radius 3 is 2.38 bits per heavy atom. The molecule has 3 aromatic rings. The molecule has 9 heteroatoms. The molecule has 0 heterocycles. The van der Waals surface area contributed by atoms with Crippen molar-refractivity contribution < 1.29 is 23.9 Å². The zero-order valence-electron chi connectivity index (χ0n) is 17.5. The number of rotatable bonds is 9. The largest absolute Gasteiger partial charge is 0.497 e. The predicted octanol–water partition coefficient (Wildman–Crippen LogP) is 3.95. The van der Waals surface area contributed by atoms with Crippen LogP contribution in [-0.4, -0.2) is 31.3 Å². The quantitative estimate of drug-likeness (QED) is 0.309. The van der Waals surface area contributed by atoms with Gasteiger partial charge in [-0.2, -0.15) is 5.10 Å². The Bertz CT molecular complexity index is 1110. The summed E-state index contributed by atoms with van der Waals surface area (Å²) in [7, 11) is 2.96. The van der Waals surface area contributed by atoms with Gasteiger partial charge in [0.1, 0.15) is 12.4 Å². The summed E-state index contributed by atoms with van der Waals surface area (Å²) in [5, 5.41) is 15.4. The van der Waals surface area contributed by atoms with Gasteiger partial charge in [0.15, 0.2) is 11.5 Å². The van der Waals surface area contributed by atoms with E-state index in [-0.39, 0.29) is 23.6 Å². The molecule has 9 nitrogen and oxygen atoms in total. The Hall–Kier alpha value is -4.40. The minimum absolute atomic E-state index is 0.147. The summed E-state index contributed by atoms with van der Waals surface area (Å²) in [5.41, 5.74) is 3.52. The lowest BCUT2D eigenvalue weighted by Crippen LogP contribution is -2.17. The van der Waals surface area contributed by atoms with Crippen molar-refractivity contribution in [3.05, 3.63) is 93.5 Å². The average Bonchev–Trinajstić information content (AvgIpc) is 2.83. The lowest BCUT2D eigenvalue weighted by Gasteiger charge is -2.12. The van der Waals surface area contributed by atoms with E-state index in [1.807, 2.05) is 30.3 Å². The number of nitro benzene ring substituents is 1. The summed E-state index contributed by atoms with van der Waals surface area (Å²) in [6, 6.07) is 18.5. The fraction of sp³-hybridized carbons (Fsp3) is 0.130. The molecule has 0 fully saturated rings. The predicted molar refractivity (Wildman–Crippen MR) is 118 cm³/mol. The van der Waals surface area contributed by atoms with Crippen LogP contribution in [0.3, 0.4) is 0 Å². The van der Waals surface area contributed by atoms with E-state index < -0.39 is 10.8 Å². The van der Waals surface area contributed by atoms with Crippen LogP contribution >= 0.6 is 0 Å². The highest BCUT2D eigenvalue weighted by molar-refractivity contribution is 5.95. The van der Waals surface area contributed by atoms with Gasteiger partial charge >= 0.3 is 0 Å². The van der Waals surface area contributed by atoms with E-state index in [1.165, 1.54) is 32.6 Å². The molecular weight excluding hydrogens is 414 g/mol. The van der Waals surface area contributed by atoms with Gasteiger partial charge in [0.25, 0.3) is 11.6 Å². The number of benzene rings is 3. The number of carbonyl (C=O) groups excluding carboxylic acids is 1. The minimum Gasteiger partial charge on any atom is -0.497 e. The van der Waals surface area contributed by atoms with Gasteiger partial charge in [-0.3, -0.25) is 14.9 Å². The Morgan fingerprint density at radius 2 is 1.75 bits per heavy atom. The van der Waals surface area contributed by atoms with Crippen molar-refractivity contribution >= 4 is 17.8 Å². The molecule has 164 valence electrons. The maximum atomic E-state index is 12.2. The fourth-order valence-corrected chi connectivity index (χ4v) is 2.80. The first kappa shape index (κ1) is 22.3. The molecule has 0 unspecified atom stereocenters. The fourth-order valence-electron chi connectivity index (χ4n) is 2.80.